The minimum Gasteiger partial charge on any atom is -0.478 e. The third-order valence-corrected chi connectivity index (χ3v) is 2.18. The van der Waals surface area contributed by atoms with Crippen LogP contribution in [0.25, 0.3) is 0 Å². The molecule has 0 spiro atoms. The Kier molecular flexibility index (Phi) is 2.89. The second-order valence-electron chi connectivity index (χ2n) is 3.23. The van der Waals surface area contributed by atoms with E-state index < -0.39 is 30.3 Å². The Morgan fingerprint density at radius 3 is 2.19 bits per heavy atom. The van der Waals surface area contributed by atoms with Crippen LogP contribution in [0.1, 0.15) is 10.4 Å². The molecule has 0 aromatic heterocycles. The molecule has 1 aromatic rings. The molecule has 0 aliphatic carbocycles. The van der Waals surface area contributed by atoms with Crippen molar-refractivity contribution in [3.05, 3.63) is 29.3 Å². The van der Waals surface area contributed by atoms with Crippen molar-refractivity contribution in [2.24, 2.45) is 0 Å². The molecule has 16 heavy (non-hydrogen) atoms. The molecule has 84 valence electrons. The molecule has 0 saturated carbocycles. The van der Waals surface area contributed by atoms with Crippen LogP contribution >= 0.6 is 0 Å². The first-order valence-electron chi connectivity index (χ1n) is 4.55. The van der Waals surface area contributed by atoms with Gasteiger partial charge in [-0.3, -0.25) is 0 Å². The van der Waals surface area contributed by atoms with E-state index in [4.69, 9.17) is 14.4 Å². The van der Waals surface area contributed by atoms with Gasteiger partial charge in [0, 0.05) is 0 Å². The molecule has 1 saturated heterocycles. The lowest BCUT2D eigenvalue weighted by atomic mass is 9.78. The van der Waals surface area contributed by atoms with E-state index in [0.717, 1.165) is 12.1 Å². The molecule has 0 unspecified atom stereocenters. The Bertz CT molecular complexity index is 409. The van der Waals surface area contributed by atoms with Gasteiger partial charge in [-0.15, -0.1) is 0 Å². The van der Waals surface area contributed by atoms with Gasteiger partial charge in [0.25, 0.3) is 0 Å². The third-order valence-electron chi connectivity index (χ3n) is 2.18. The first-order chi connectivity index (χ1) is 7.59. The molecule has 0 bridgehead atoms. The summed E-state index contributed by atoms with van der Waals surface area (Å²) in [6.07, 6.45) is 0. The number of carboxylic acid groups (broad SMARTS) is 1. The van der Waals surface area contributed by atoms with Crippen molar-refractivity contribution in [3.8, 4) is 0 Å². The fraction of sp³-hybridized carbons (Fsp3) is 0.222. The summed E-state index contributed by atoms with van der Waals surface area (Å²) in [7, 11) is -1.09. The number of halogens is 2. The number of benzene rings is 1. The van der Waals surface area contributed by atoms with E-state index in [1.165, 1.54) is 0 Å². The van der Waals surface area contributed by atoms with Crippen LogP contribution in [-0.4, -0.2) is 31.4 Å². The largest absolute Gasteiger partial charge is 0.500 e. The molecule has 1 aliphatic rings. The lowest BCUT2D eigenvalue weighted by molar-refractivity contribution is 0.0695. The van der Waals surface area contributed by atoms with Crippen LogP contribution in [-0.2, 0) is 9.31 Å². The number of aromatic carboxylic acids is 1. The van der Waals surface area contributed by atoms with Gasteiger partial charge in [0.05, 0.1) is 24.2 Å². The maximum absolute atomic E-state index is 13.5. The van der Waals surface area contributed by atoms with Crippen LogP contribution in [0.15, 0.2) is 12.1 Å². The molecule has 7 heteroatoms. The van der Waals surface area contributed by atoms with Crippen molar-refractivity contribution in [2.45, 2.75) is 0 Å². The number of rotatable bonds is 2. The maximum atomic E-state index is 13.5. The molecule has 0 radical (unpaired) electrons. The lowest BCUT2D eigenvalue weighted by Gasteiger charge is -2.07. The van der Waals surface area contributed by atoms with Gasteiger partial charge in [-0.25, -0.2) is 13.6 Å². The molecule has 0 amide bonds. The second kappa shape index (κ2) is 4.19. The molecule has 1 aromatic carbocycles. The normalized spacial score (nSPS) is 15.5. The van der Waals surface area contributed by atoms with Crippen LogP contribution in [0, 0.1) is 11.6 Å². The molecular formula is C9H7BF2O4. The minimum atomic E-state index is -1.39. The summed E-state index contributed by atoms with van der Waals surface area (Å²) in [5, 5.41) is 8.59. The van der Waals surface area contributed by atoms with Crippen LogP contribution in [0.3, 0.4) is 0 Å². The van der Waals surface area contributed by atoms with E-state index >= 15 is 0 Å². The Hall–Kier alpha value is -1.47. The highest BCUT2D eigenvalue weighted by molar-refractivity contribution is 6.61. The quantitative estimate of drug-likeness (QED) is 0.744. The summed E-state index contributed by atoms with van der Waals surface area (Å²) in [5.74, 6) is -3.36. The summed E-state index contributed by atoms with van der Waals surface area (Å²) in [6, 6.07) is 1.48. The van der Waals surface area contributed by atoms with Crippen molar-refractivity contribution in [3.63, 3.8) is 0 Å². The van der Waals surface area contributed by atoms with Crippen molar-refractivity contribution < 1.29 is 28.0 Å². The molecule has 0 atom stereocenters. The monoisotopic (exact) mass is 228 g/mol. The van der Waals surface area contributed by atoms with E-state index in [1.807, 2.05) is 0 Å². The highest BCUT2D eigenvalue weighted by atomic mass is 19.1. The SMILES string of the molecule is O=C(O)c1cc(F)c(B2OCCO2)c(F)c1. The fourth-order valence-electron chi connectivity index (χ4n) is 1.46. The number of hydrogen-bond acceptors (Lipinski definition) is 3. The number of hydrogen-bond donors (Lipinski definition) is 1. The van der Waals surface area contributed by atoms with E-state index in [0.29, 0.717) is 0 Å². The minimum absolute atomic E-state index is 0.254. The van der Waals surface area contributed by atoms with Gasteiger partial charge in [0.1, 0.15) is 11.6 Å². The number of carbonyl (C=O) groups is 1. The van der Waals surface area contributed by atoms with Gasteiger partial charge in [-0.2, -0.15) is 0 Å². The first-order valence-corrected chi connectivity index (χ1v) is 4.55. The second-order valence-corrected chi connectivity index (χ2v) is 3.23. The van der Waals surface area contributed by atoms with Crippen molar-refractivity contribution in [1.29, 1.82) is 0 Å². The Labute approximate surface area is 89.9 Å². The van der Waals surface area contributed by atoms with Crippen molar-refractivity contribution in [1.82, 2.24) is 0 Å². The average Bonchev–Trinajstić information content (AvgIpc) is 2.69. The molecule has 4 nitrogen and oxygen atoms in total. The summed E-state index contributed by atoms with van der Waals surface area (Å²) >= 11 is 0. The zero-order valence-electron chi connectivity index (χ0n) is 8.07. The zero-order valence-corrected chi connectivity index (χ0v) is 8.07. The Balaban J connectivity index is 2.42. The molecule has 1 heterocycles. The molecular weight excluding hydrogens is 221 g/mol. The van der Waals surface area contributed by atoms with E-state index in [9.17, 15) is 13.6 Å². The average molecular weight is 228 g/mol. The standard InChI is InChI=1S/C9H7BF2O4/c11-6-3-5(9(13)14)4-7(12)8(6)10-15-1-2-16-10/h3-4H,1-2H2,(H,13,14). The summed E-state index contributed by atoms with van der Waals surface area (Å²) in [6.45, 7) is 0.508. The summed E-state index contributed by atoms with van der Waals surface area (Å²) in [5.41, 5.74) is -0.834. The Morgan fingerprint density at radius 2 is 1.75 bits per heavy atom. The predicted molar refractivity (Wildman–Crippen MR) is 50.6 cm³/mol. The smallest absolute Gasteiger partial charge is 0.478 e. The van der Waals surface area contributed by atoms with Crippen LogP contribution in [0.5, 0.6) is 0 Å². The highest BCUT2D eigenvalue weighted by Crippen LogP contribution is 2.10. The number of carboxylic acids is 1. The molecule has 1 aliphatic heterocycles. The van der Waals surface area contributed by atoms with Crippen LogP contribution in [0.2, 0.25) is 0 Å². The maximum Gasteiger partial charge on any atom is 0.500 e. The topological polar surface area (TPSA) is 55.8 Å². The highest BCUT2D eigenvalue weighted by Gasteiger charge is 2.33. The molecule has 2 rings (SSSR count). The van der Waals surface area contributed by atoms with E-state index in [1.54, 1.807) is 0 Å². The summed E-state index contributed by atoms with van der Waals surface area (Å²) in [4.78, 5) is 10.5. The van der Waals surface area contributed by atoms with E-state index in [-0.39, 0.29) is 18.7 Å². The molecule has 1 fully saturated rings. The fourth-order valence-corrected chi connectivity index (χ4v) is 1.46. The molecule has 1 N–H and O–H groups in total. The first kappa shape index (κ1) is 11.0. The van der Waals surface area contributed by atoms with Gasteiger partial charge in [0.15, 0.2) is 0 Å². The zero-order chi connectivity index (χ0) is 11.7. The van der Waals surface area contributed by atoms with E-state index in [2.05, 4.69) is 0 Å². The predicted octanol–water partition coefficient (Wildman–Crippen LogP) is 0.405. The van der Waals surface area contributed by atoms with Gasteiger partial charge in [-0.05, 0) is 12.1 Å². The summed E-state index contributed by atoms with van der Waals surface area (Å²) < 4.78 is 36.8. The van der Waals surface area contributed by atoms with Crippen molar-refractivity contribution >= 4 is 18.6 Å². The van der Waals surface area contributed by atoms with Gasteiger partial charge >= 0.3 is 13.1 Å². The third kappa shape index (κ3) is 1.91. The van der Waals surface area contributed by atoms with Gasteiger partial charge < -0.3 is 14.4 Å². The lowest BCUT2D eigenvalue weighted by Crippen LogP contribution is -2.37. The van der Waals surface area contributed by atoms with Crippen molar-refractivity contribution in [2.75, 3.05) is 13.2 Å². The van der Waals surface area contributed by atoms with Gasteiger partial charge in [-0.1, -0.05) is 0 Å². The van der Waals surface area contributed by atoms with Crippen LogP contribution < -0.4 is 5.46 Å². The van der Waals surface area contributed by atoms with Crippen LogP contribution in [0.4, 0.5) is 8.78 Å². The Morgan fingerprint density at radius 1 is 1.25 bits per heavy atom. The van der Waals surface area contributed by atoms with Gasteiger partial charge in [0.2, 0.25) is 0 Å².